The van der Waals surface area contributed by atoms with Crippen LogP contribution in [0.2, 0.25) is 0 Å². The predicted octanol–water partition coefficient (Wildman–Crippen LogP) is 5.59. The standard InChI is InChI=1S/C24H49FO3S.K.H/c1-3-5-7-9-11-12-13-14-15-17-19-21-23-28-29(26,27)24(25)22-20-18-16-10-8-6-4-2;;/h24H,3-23H2,1-2H3;;/q;+1;-1. The fourth-order valence-corrected chi connectivity index (χ4v) is 4.55. The number of hydrogen-bond donors (Lipinski definition) is 0. The molecule has 178 valence electrons. The van der Waals surface area contributed by atoms with Gasteiger partial charge < -0.3 is 1.43 Å². The summed E-state index contributed by atoms with van der Waals surface area (Å²) in [6.07, 6.45) is 22.1. The van der Waals surface area contributed by atoms with Gasteiger partial charge in [-0.15, -0.1) is 0 Å². The third-order valence-corrected chi connectivity index (χ3v) is 6.95. The van der Waals surface area contributed by atoms with Gasteiger partial charge in [0.2, 0.25) is 5.50 Å². The minimum absolute atomic E-state index is 0. The maximum absolute atomic E-state index is 13.9. The summed E-state index contributed by atoms with van der Waals surface area (Å²) in [5.74, 6) is 0. The Bertz CT molecular complexity index is 439. The van der Waals surface area contributed by atoms with Crippen LogP contribution in [0.1, 0.15) is 144 Å². The van der Waals surface area contributed by atoms with Gasteiger partial charge in [-0.1, -0.05) is 123 Å². The Hall–Kier alpha value is 1.48. The third-order valence-electron chi connectivity index (χ3n) is 5.59. The zero-order valence-electron chi connectivity index (χ0n) is 21.4. The molecule has 0 aromatic rings. The molecule has 0 aliphatic rings. The van der Waals surface area contributed by atoms with Gasteiger partial charge in [-0.3, -0.25) is 4.18 Å². The normalized spacial score (nSPS) is 12.6. The van der Waals surface area contributed by atoms with Crippen LogP contribution in [0, 0.1) is 0 Å². The van der Waals surface area contributed by atoms with Crippen molar-refractivity contribution in [2.45, 2.75) is 148 Å². The van der Waals surface area contributed by atoms with E-state index in [9.17, 15) is 12.8 Å². The summed E-state index contributed by atoms with van der Waals surface area (Å²) in [6.45, 7) is 4.54. The first-order valence-corrected chi connectivity index (χ1v) is 14.0. The molecule has 30 heavy (non-hydrogen) atoms. The van der Waals surface area contributed by atoms with Crippen molar-refractivity contribution in [2.24, 2.45) is 0 Å². The molecule has 6 heteroatoms. The summed E-state index contributed by atoms with van der Waals surface area (Å²) in [5.41, 5.74) is -1.87. The van der Waals surface area contributed by atoms with Crippen molar-refractivity contribution < 1.29 is 69.8 Å². The van der Waals surface area contributed by atoms with Crippen molar-refractivity contribution in [3.05, 3.63) is 0 Å². The van der Waals surface area contributed by atoms with Gasteiger partial charge in [0.05, 0.1) is 6.61 Å². The van der Waals surface area contributed by atoms with E-state index < -0.39 is 15.6 Å². The summed E-state index contributed by atoms with van der Waals surface area (Å²) in [4.78, 5) is 0. The number of rotatable bonds is 23. The monoisotopic (exact) mass is 476 g/mol. The summed E-state index contributed by atoms with van der Waals surface area (Å²) < 4.78 is 42.5. The third kappa shape index (κ3) is 22.7. The van der Waals surface area contributed by atoms with Crippen molar-refractivity contribution in [3.8, 4) is 0 Å². The molecule has 0 bridgehead atoms. The molecule has 0 heterocycles. The van der Waals surface area contributed by atoms with Gasteiger partial charge in [-0.05, 0) is 19.3 Å². The number of alkyl halides is 1. The van der Waals surface area contributed by atoms with Crippen LogP contribution in [0.5, 0.6) is 0 Å². The molecule has 0 saturated heterocycles. The van der Waals surface area contributed by atoms with Gasteiger partial charge >= 0.3 is 51.4 Å². The maximum Gasteiger partial charge on any atom is 1.00 e. The molecule has 1 unspecified atom stereocenters. The fraction of sp³-hybridized carbons (Fsp3) is 1.00. The summed E-state index contributed by atoms with van der Waals surface area (Å²) >= 11 is 0. The topological polar surface area (TPSA) is 43.4 Å². The van der Waals surface area contributed by atoms with E-state index in [-0.39, 0.29) is 65.8 Å². The van der Waals surface area contributed by atoms with E-state index in [1.54, 1.807) is 0 Å². The van der Waals surface area contributed by atoms with E-state index in [2.05, 4.69) is 13.8 Å². The largest absolute Gasteiger partial charge is 1.00 e. The van der Waals surface area contributed by atoms with E-state index in [0.717, 1.165) is 32.1 Å². The van der Waals surface area contributed by atoms with Crippen LogP contribution in [0.4, 0.5) is 4.39 Å². The van der Waals surface area contributed by atoms with Crippen molar-refractivity contribution in [1.29, 1.82) is 0 Å². The van der Waals surface area contributed by atoms with E-state index in [1.807, 2.05) is 0 Å². The quantitative estimate of drug-likeness (QED) is 0.110. The minimum Gasteiger partial charge on any atom is -1.00 e. The first-order chi connectivity index (χ1) is 14.0. The Morgan fingerprint density at radius 2 is 0.967 bits per heavy atom. The molecule has 0 aromatic heterocycles. The van der Waals surface area contributed by atoms with E-state index in [1.165, 1.54) is 77.0 Å². The molecule has 0 rings (SSSR count). The summed E-state index contributed by atoms with van der Waals surface area (Å²) in [6, 6.07) is 0. The number of unbranched alkanes of at least 4 members (excludes halogenated alkanes) is 17. The second kappa shape index (κ2) is 25.1. The van der Waals surface area contributed by atoms with Crippen LogP contribution < -0.4 is 51.4 Å². The van der Waals surface area contributed by atoms with Gasteiger partial charge in [0.1, 0.15) is 0 Å². The number of halogens is 1. The Balaban J connectivity index is -0.00000392. The van der Waals surface area contributed by atoms with Gasteiger partial charge in [0, 0.05) is 0 Å². The van der Waals surface area contributed by atoms with Crippen molar-refractivity contribution in [1.82, 2.24) is 0 Å². The molecule has 0 radical (unpaired) electrons. The Labute approximate surface area is 232 Å². The fourth-order valence-electron chi connectivity index (χ4n) is 3.60. The van der Waals surface area contributed by atoms with Gasteiger partial charge in [-0.25, -0.2) is 4.39 Å². The van der Waals surface area contributed by atoms with Crippen LogP contribution >= 0.6 is 0 Å². The first-order valence-electron chi connectivity index (χ1n) is 12.6. The van der Waals surface area contributed by atoms with Crippen LogP contribution in [0.15, 0.2) is 0 Å². The molecule has 0 aliphatic carbocycles. The zero-order valence-corrected chi connectivity index (χ0v) is 24.4. The molecule has 0 N–H and O–H groups in total. The van der Waals surface area contributed by atoms with Crippen molar-refractivity contribution in [2.75, 3.05) is 6.61 Å². The van der Waals surface area contributed by atoms with E-state index in [0.29, 0.717) is 12.8 Å². The van der Waals surface area contributed by atoms with Crippen molar-refractivity contribution in [3.63, 3.8) is 0 Å². The molecule has 1 atom stereocenters. The van der Waals surface area contributed by atoms with Crippen molar-refractivity contribution >= 4 is 10.1 Å². The molecule has 3 nitrogen and oxygen atoms in total. The maximum atomic E-state index is 13.9. The molecular weight excluding hydrogens is 426 g/mol. The predicted molar refractivity (Wildman–Crippen MR) is 125 cm³/mol. The van der Waals surface area contributed by atoms with Gasteiger partial charge in [0.15, 0.2) is 0 Å². The summed E-state index contributed by atoms with van der Waals surface area (Å²) in [5, 5.41) is 0. The second-order valence-electron chi connectivity index (χ2n) is 8.52. The smallest absolute Gasteiger partial charge is 1.00 e. The van der Waals surface area contributed by atoms with Crippen LogP contribution in [-0.2, 0) is 14.3 Å². The summed E-state index contributed by atoms with van der Waals surface area (Å²) in [7, 11) is -4.04. The minimum atomic E-state index is -4.04. The Kier molecular flexibility index (Phi) is 28.2. The molecule has 0 fully saturated rings. The van der Waals surface area contributed by atoms with Crippen LogP contribution in [0.3, 0.4) is 0 Å². The molecule has 0 aliphatic heterocycles. The van der Waals surface area contributed by atoms with Gasteiger partial charge in [-0.2, -0.15) is 8.42 Å². The van der Waals surface area contributed by atoms with Crippen LogP contribution in [-0.4, -0.2) is 20.5 Å². The molecule has 0 aromatic carbocycles. The average molecular weight is 477 g/mol. The molecule has 0 amide bonds. The Morgan fingerprint density at radius 3 is 1.37 bits per heavy atom. The SMILES string of the molecule is CCCCCCCCCCCCCCOS(=O)(=O)C(F)CCCCCCCCC.[H-].[K+]. The zero-order chi connectivity index (χ0) is 21.6. The number of hydrogen-bond acceptors (Lipinski definition) is 3. The van der Waals surface area contributed by atoms with E-state index >= 15 is 0 Å². The molecule has 0 saturated carbocycles. The molecule has 0 spiro atoms. The average Bonchev–Trinajstić information content (AvgIpc) is 2.70. The molecular formula is C24H50FKO3S. The second-order valence-corrected chi connectivity index (χ2v) is 10.3. The first kappa shape index (κ1) is 33.6. The van der Waals surface area contributed by atoms with Gasteiger partial charge in [0.25, 0.3) is 10.1 Å². The Morgan fingerprint density at radius 1 is 0.633 bits per heavy atom. The van der Waals surface area contributed by atoms with E-state index in [4.69, 9.17) is 4.18 Å². The van der Waals surface area contributed by atoms with Crippen LogP contribution in [0.25, 0.3) is 0 Å².